The van der Waals surface area contributed by atoms with Crippen molar-refractivity contribution in [1.29, 1.82) is 0 Å². The number of carbonyl (C=O) groups excluding carboxylic acids is 1. The van der Waals surface area contributed by atoms with E-state index in [1.54, 1.807) is 48.5 Å². The van der Waals surface area contributed by atoms with Crippen molar-refractivity contribution in [3.05, 3.63) is 85.4 Å². The highest BCUT2D eigenvalue weighted by Gasteiger charge is 2.25. The lowest BCUT2D eigenvalue weighted by atomic mass is 10.1. The average molecular weight is 460 g/mol. The molecule has 2 heterocycles. The van der Waals surface area contributed by atoms with E-state index < -0.39 is 4.92 Å². The number of amides is 1. The van der Waals surface area contributed by atoms with E-state index >= 15 is 0 Å². The number of hydrogen-bond donors (Lipinski definition) is 1. The highest BCUT2D eigenvalue weighted by atomic mass is 35.5. The average Bonchev–Trinajstić information content (AvgIpc) is 3.32. The van der Waals surface area contributed by atoms with Gasteiger partial charge in [0.15, 0.2) is 5.17 Å². The van der Waals surface area contributed by atoms with Gasteiger partial charge in [-0.05, 0) is 36.0 Å². The zero-order valence-corrected chi connectivity index (χ0v) is 17.3. The summed E-state index contributed by atoms with van der Waals surface area (Å²) >= 11 is 13.3. The van der Waals surface area contributed by atoms with Gasteiger partial charge in [-0.15, -0.1) is 0 Å². The van der Waals surface area contributed by atoms with Gasteiger partial charge in [-0.2, -0.15) is 0 Å². The van der Waals surface area contributed by atoms with Gasteiger partial charge in [0, 0.05) is 23.8 Å². The number of non-ortho nitro benzene ring substituents is 1. The molecule has 0 atom stereocenters. The smallest absolute Gasteiger partial charge is 0.270 e. The summed E-state index contributed by atoms with van der Waals surface area (Å²) in [6.07, 6.45) is 1.57. The molecule has 150 valence electrons. The summed E-state index contributed by atoms with van der Waals surface area (Å²) in [6, 6.07) is 14.5. The normalized spacial score (nSPS) is 16.3. The SMILES string of the molecule is O=C1NC(=Nc2cccc(Cl)c2Cl)S/C1=C\c1ccc(-c2cccc([N+](=O)[O-])c2)o1. The fourth-order valence-electron chi connectivity index (χ4n) is 2.66. The maximum Gasteiger partial charge on any atom is 0.270 e. The molecule has 0 saturated carbocycles. The fourth-order valence-corrected chi connectivity index (χ4v) is 3.81. The Labute approximate surface area is 184 Å². The minimum absolute atomic E-state index is 0.0324. The maximum atomic E-state index is 12.3. The molecule has 10 heteroatoms. The molecular formula is C20H11Cl2N3O4S. The van der Waals surface area contributed by atoms with Gasteiger partial charge < -0.3 is 9.73 Å². The number of nitro benzene ring substituents is 1. The first-order valence-corrected chi connectivity index (χ1v) is 10.1. The van der Waals surface area contributed by atoms with E-state index in [4.69, 9.17) is 27.6 Å². The van der Waals surface area contributed by atoms with E-state index in [1.807, 2.05) is 0 Å². The largest absolute Gasteiger partial charge is 0.457 e. The molecule has 1 saturated heterocycles. The van der Waals surface area contributed by atoms with Crippen LogP contribution < -0.4 is 5.32 Å². The van der Waals surface area contributed by atoms with E-state index in [0.29, 0.717) is 42.9 Å². The van der Waals surface area contributed by atoms with Crippen LogP contribution in [-0.4, -0.2) is 16.0 Å². The predicted molar refractivity (Wildman–Crippen MR) is 118 cm³/mol. The van der Waals surface area contributed by atoms with Gasteiger partial charge in [0.1, 0.15) is 11.5 Å². The highest BCUT2D eigenvalue weighted by Crippen LogP contribution is 2.35. The minimum Gasteiger partial charge on any atom is -0.457 e. The molecule has 1 aliphatic heterocycles. The van der Waals surface area contributed by atoms with Crippen LogP contribution in [0.5, 0.6) is 0 Å². The Hall–Kier alpha value is -3.07. The molecule has 0 aliphatic carbocycles. The van der Waals surface area contributed by atoms with Crippen LogP contribution in [0.15, 0.2) is 68.9 Å². The van der Waals surface area contributed by atoms with Gasteiger partial charge in [0.05, 0.1) is 25.6 Å². The summed E-state index contributed by atoms with van der Waals surface area (Å²) in [4.78, 5) is 27.5. The minimum atomic E-state index is -0.470. The van der Waals surface area contributed by atoms with Gasteiger partial charge >= 0.3 is 0 Å². The number of nitrogens with one attached hydrogen (secondary N) is 1. The fraction of sp³-hybridized carbons (Fsp3) is 0. The summed E-state index contributed by atoms with van der Waals surface area (Å²) in [6.45, 7) is 0. The molecule has 1 amide bonds. The summed E-state index contributed by atoms with van der Waals surface area (Å²) in [5.74, 6) is 0.551. The monoisotopic (exact) mass is 459 g/mol. The summed E-state index contributed by atoms with van der Waals surface area (Å²) in [7, 11) is 0. The molecule has 0 bridgehead atoms. The summed E-state index contributed by atoms with van der Waals surface area (Å²) in [5.41, 5.74) is 0.976. The Morgan fingerprint density at radius 1 is 1.13 bits per heavy atom. The van der Waals surface area contributed by atoms with E-state index in [0.717, 1.165) is 11.8 Å². The molecule has 2 aromatic carbocycles. The molecule has 1 aromatic heterocycles. The number of carbonyl (C=O) groups is 1. The second kappa shape index (κ2) is 8.35. The Bertz CT molecular complexity index is 1240. The summed E-state index contributed by atoms with van der Waals surface area (Å²) < 4.78 is 5.73. The summed E-state index contributed by atoms with van der Waals surface area (Å²) in [5, 5.41) is 14.6. The predicted octanol–water partition coefficient (Wildman–Crippen LogP) is 6.05. The van der Waals surface area contributed by atoms with Crippen molar-refractivity contribution in [2.45, 2.75) is 0 Å². The quantitative estimate of drug-likeness (QED) is 0.290. The second-order valence-electron chi connectivity index (χ2n) is 6.06. The van der Waals surface area contributed by atoms with Crippen LogP contribution in [0.1, 0.15) is 5.76 Å². The van der Waals surface area contributed by atoms with Crippen LogP contribution in [0, 0.1) is 10.1 Å². The Morgan fingerprint density at radius 2 is 1.93 bits per heavy atom. The van der Waals surface area contributed by atoms with Crippen molar-refractivity contribution in [3.8, 4) is 11.3 Å². The molecular weight excluding hydrogens is 449 g/mol. The van der Waals surface area contributed by atoms with Crippen LogP contribution in [0.25, 0.3) is 17.4 Å². The van der Waals surface area contributed by atoms with E-state index in [1.165, 1.54) is 12.1 Å². The lowest BCUT2D eigenvalue weighted by molar-refractivity contribution is -0.384. The first-order chi connectivity index (χ1) is 14.4. The second-order valence-corrected chi connectivity index (χ2v) is 7.88. The van der Waals surface area contributed by atoms with Crippen LogP contribution >= 0.6 is 35.0 Å². The third-order valence-corrected chi connectivity index (χ3v) is 5.76. The van der Waals surface area contributed by atoms with Crippen molar-refractivity contribution >= 4 is 63.5 Å². The third kappa shape index (κ3) is 4.25. The molecule has 30 heavy (non-hydrogen) atoms. The topological polar surface area (TPSA) is 97.7 Å². The van der Waals surface area contributed by atoms with E-state index in [9.17, 15) is 14.9 Å². The van der Waals surface area contributed by atoms with Gasteiger partial charge in [0.2, 0.25) is 0 Å². The number of aliphatic imine (C=N–C) groups is 1. The highest BCUT2D eigenvalue weighted by molar-refractivity contribution is 8.18. The third-order valence-electron chi connectivity index (χ3n) is 4.05. The number of amidine groups is 1. The molecule has 0 spiro atoms. The van der Waals surface area contributed by atoms with Crippen molar-refractivity contribution in [2.75, 3.05) is 0 Å². The number of furan rings is 1. The standard InChI is InChI=1S/C20H11Cl2N3O4S/c21-14-5-2-6-15(18(14)22)23-20-24-19(26)17(30-20)10-13-7-8-16(29-13)11-3-1-4-12(9-11)25(27)28/h1-10H,(H,23,24,26)/b17-10-. The number of hydrogen-bond acceptors (Lipinski definition) is 6. The zero-order valence-electron chi connectivity index (χ0n) is 15.0. The van der Waals surface area contributed by atoms with Crippen molar-refractivity contribution in [2.24, 2.45) is 4.99 Å². The van der Waals surface area contributed by atoms with E-state index in [2.05, 4.69) is 10.3 Å². The lowest BCUT2D eigenvalue weighted by Crippen LogP contribution is -2.19. The van der Waals surface area contributed by atoms with Crippen molar-refractivity contribution in [3.63, 3.8) is 0 Å². The van der Waals surface area contributed by atoms with Crippen LogP contribution in [-0.2, 0) is 4.79 Å². The van der Waals surface area contributed by atoms with Gasteiger partial charge in [-0.1, -0.05) is 41.4 Å². The van der Waals surface area contributed by atoms with Crippen LogP contribution in [0.4, 0.5) is 11.4 Å². The van der Waals surface area contributed by atoms with E-state index in [-0.39, 0.29) is 11.6 Å². The number of nitrogens with zero attached hydrogens (tertiary/aromatic N) is 2. The van der Waals surface area contributed by atoms with Crippen molar-refractivity contribution < 1.29 is 14.1 Å². The number of nitro groups is 1. The van der Waals surface area contributed by atoms with Gasteiger partial charge in [0.25, 0.3) is 11.6 Å². The Kier molecular flexibility index (Phi) is 5.63. The first kappa shape index (κ1) is 20.2. The van der Waals surface area contributed by atoms with Crippen LogP contribution in [0.2, 0.25) is 10.0 Å². The number of benzene rings is 2. The zero-order chi connectivity index (χ0) is 21.3. The first-order valence-electron chi connectivity index (χ1n) is 8.49. The molecule has 1 N–H and O–H groups in total. The molecule has 0 radical (unpaired) electrons. The Balaban J connectivity index is 1.57. The van der Waals surface area contributed by atoms with Crippen molar-refractivity contribution in [1.82, 2.24) is 5.32 Å². The maximum absolute atomic E-state index is 12.3. The molecule has 1 aliphatic rings. The van der Waals surface area contributed by atoms with Gasteiger partial charge in [-0.25, -0.2) is 4.99 Å². The van der Waals surface area contributed by atoms with Gasteiger partial charge in [-0.3, -0.25) is 14.9 Å². The molecule has 4 rings (SSSR count). The molecule has 7 nitrogen and oxygen atoms in total. The molecule has 1 fully saturated rings. The molecule has 3 aromatic rings. The Morgan fingerprint density at radius 3 is 2.73 bits per heavy atom. The molecule has 0 unspecified atom stereocenters. The number of thioether (sulfide) groups is 1. The lowest BCUT2D eigenvalue weighted by Gasteiger charge is -2.00. The number of halogens is 2. The number of rotatable bonds is 4. The van der Waals surface area contributed by atoms with Crippen LogP contribution in [0.3, 0.4) is 0 Å².